The minimum absolute atomic E-state index is 0.401. The van der Waals surface area contributed by atoms with Crippen LogP contribution in [-0.4, -0.2) is 41.8 Å². The first kappa shape index (κ1) is 13.5. The Labute approximate surface area is 122 Å². The number of likely N-dealkylation sites (tertiary alicyclic amines) is 1. The lowest BCUT2D eigenvalue weighted by Crippen LogP contribution is -2.35. The smallest absolute Gasteiger partial charge is 0.320 e. The SMILES string of the molecule is O=C(O)C1CCCN1Cc1cc(Cl)c2c(c1)OCCO2. The molecule has 20 heavy (non-hydrogen) atoms. The summed E-state index contributed by atoms with van der Waals surface area (Å²) in [6, 6.07) is 3.31. The second-order valence-electron chi connectivity index (χ2n) is 5.07. The average Bonchev–Trinajstić information content (AvgIpc) is 2.87. The van der Waals surface area contributed by atoms with Gasteiger partial charge in [-0.25, -0.2) is 0 Å². The van der Waals surface area contributed by atoms with Crippen molar-refractivity contribution in [2.75, 3.05) is 19.8 Å². The van der Waals surface area contributed by atoms with Crippen molar-refractivity contribution >= 4 is 17.6 Å². The highest BCUT2D eigenvalue weighted by Crippen LogP contribution is 2.38. The van der Waals surface area contributed by atoms with Gasteiger partial charge in [-0.1, -0.05) is 11.6 Å². The van der Waals surface area contributed by atoms with Crippen LogP contribution in [0, 0.1) is 0 Å². The van der Waals surface area contributed by atoms with Gasteiger partial charge in [-0.05, 0) is 37.1 Å². The molecule has 1 saturated heterocycles. The number of carboxylic acid groups (broad SMARTS) is 1. The van der Waals surface area contributed by atoms with Crippen molar-refractivity contribution in [3.8, 4) is 11.5 Å². The molecule has 6 heteroatoms. The lowest BCUT2D eigenvalue weighted by molar-refractivity contribution is -0.142. The summed E-state index contributed by atoms with van der Waals surface area (Å²) >= 11 is 6.19. The molecule has 0 radical (unpaired) electrons. The van der Waals surface area contributed by atoms with Crippen LogP contribution in [0.4, 0.5) is 0 Å². The number of ether oxygens (including phenoxy) is 2. The van der Waals surface area contributed by atoms with Crippen molar-refractivity contribution in [3.05, 3.63) is 22.7 Å². The van der Waals surface area contributed by atoms with Crippen LogP contribution in [0.15, 0.2) is 12.1 Å². The van der Waals surface area contributed by atoms with Crippen molar-refractivity contribution in [2.45, 2.75) is 25.4 Å². The summed E-state index contributed by atoms with van der Waals surface area (Å²) in [5.41, 5.74) is 0.951. The summed E-state index contributed by atoms with van der Waals surface area (Å²) in [6.45, 7) is 2.36. The van der Waals surface area contributed by atoms with Crippen LogP contribution in [0.1, 0.15) is 18.4 Å². The molecule has 3 rings (SSSR count). The topological polar surface area (TPSA) is 59.0 Å². The van der Waals surface area contributed by atoms with E-state index in [9.17, 15) is 9.90 Å². The highest BCUT2D eigenvalue weighted by molar-refractivity contribution is 6.32. The largest absolute Gasteiger partial charge is 0.486 e. The molecule has 1 N–H and O–H groups in total. The predicted molar refractivity (Wildman–Crippen MR) is 73.5 cm³/mol. The van der Waals surface area contributed by atoms with E-state index >= 15 is 0 Å². The number of halogens is 1. The van der Waals surface area contributed by atoms with Crippen LogP contribution >= 0.6 is 11.6 Å². The fourth-order valence-corrected chi connectivity index (χ4v) is 3.07. The lowest BCUT2D eigenvalue weighted by atomic mass is 10.1. The van der Waals surface area contributed by atoms with Gasteiger partial charge in [0.15, 0.2) is 11.5 Å². The second kappa shape index (κ2) is 5.50. The summed E-state index contributed by atoms with van der Waals surface area (Å²) in [5, 5.41) is 9.71. The lowest BCUT2D eigenvalue weighted by Gasteiger charge is -2.24. The van der Waals surface area contributed by atoms with E-state index in [2.05, 4.69) is 0 Å². The molecular formula is C14H16ClNO4. The number of nitrogens with zero attached hydrogens (tertiary/aromatic N) is 1. The monoisotopic (exact) mass is 297 g/mol. The summed E-state index contributed by atoms with van der Waals surface area (Å²) in [7, 11) is 0. The van der Waals surface area contributed by atoms with E-state index in [4.69, 9.17) is 21.1 Å². The summed E-state index contributed by atoms with van der Waals surface area (Å²) in [4.78, 5) is 13.2. The Bertz CT molecular complexity index is 534. The third kappa shape index (κ3) is 2.55. The molecule has 1 aromatic carbocycles. The van der Waals surface area contributed by atoms with Crippen LogP contribution in [0.3, 0.4) is 0 Å². The van der Waals surface area contributed by atoms with Crippen LogP contribution in [0.5, 0.6) is 11.5 Å². The maximum Gasteiger partial charge on any atom is 0.320 e. The predicted octanol–water partition coefficient (Wildman–Crippen LogP) is 2.16. The van der Waals surface area contributed by atoms with E-state index < -0.39 is 12.0 Å². The highest BCUT2D eigenvalue weighted by atomic mass is 35.5. The molecule has 0 aliphatic carbocycles. The molecule has 0 bridgehead atoms. The van der Waals surface area contributed by atoms with Crippen molar-refractivity contribution in [2.24, 2.45) is 0 Å². The van der Waals surface area contributed by atoms with Gasteiger partial charge in [0.2, 0.25) is 0 Å². The minimum Gasteiger partial charge on any atom is -0.486 e. The number of carbonyl (C=O) groups is 1. The van der Waals surface area contributed by atoms with Gasteiger partial charge in [-0.15, -0.1) is 0 Å². The Hall–Kier alpha value is -1.46. The second-order valence-corrected chi connectivity index (χ2v) is 5.48. The van der Waals surface area contributed by atoms with Crippen molar-refractivity contribution < 1.29 is 19.4 Å². The zero-order valence-electron chi connectivity index (χ0n) is 11.0. The fraction of sp³-hybridized carbons (Fsp3) is 0.500. The Morgan fingerprint density at radius 2 is 2.20 bits per heavy atom. The standard InChI is InChI=1S/C14H16ClNO4/c15-10-6-9(7-12-13(10)20-5-4-19-12)8-16-3-1-2-11(16)14(17)18/h6-7,11H,1-5,8H2,(H,17,18). The third-order valence-electron chi connectivity index (χ3n) is 3.69. The van der Waals surface area contributed by atoms with Gasteiger partial charge in [-0.2, -0.15) is 0 Å². The van der Waals surface area contributed by atoms with Gasteiger partial charge in [0.05, 0.1) is 5.02 Å². The molecule has 1 unspecified atom stereocenters. The maximum absolute atomic E-state index is 11.2. The van der Waals surface area contributed by atoms with Gasteiger partial charge >= 0.3 is 5.97 Å². The summed E-state index contributed by atoms with van der Waals surface area (Å²) in [5.74, 6) is 0.467. The molecule has 1 aromatic rings. The van der Waals surface area contributed by atoms with Crippen LogP contribution in [-0.2, 0) is 11.3 Å². The summed E-state index contributed by atoms with van der Waals surface area (Å²) < 4.78 is 11.0. The Balaban J connectivity index is 1.81. The van der Waals surface area contributed by atoms with Gasteiger partial charge < -0.3 is 14.6 Å². The Morgan fingerprint density at radius 1 is 1.40 bits per heavy atom. The van der Waals surface area contributed by atoms with Crippen molar-refractivity contribution in [3.63, 3.8) is 0 Å². The van der Waals surface area contributed by atoms with Crippen molar-refractivity contribution in [1.82, 2.24) is 4.90 Å². The van der Waals surface area contributed by atoms with Gasteiger partial charge in [0.25, 0.3) is 0 Å². The first-order chi connectivity index (χ1) is 9.65. The molecule has 0 saturated carbocycles. The normalized spacial score (nSPS) is 21.9. The molecule has 2 heterocycles. The molecule has 1 fully saturated rings. The number of aliphatic carboxylic acids is 1. The number of hydrogen-bond acceptors (Lipinski definition) is 4. The van der Waals surface area contributed by atoms with Gasteiger partial charge in [0.1, 0.15) is 19.3 Å². The summed E-state index contributed by atoms with van der Waals surface area (Å²) in [6.07, 6.45) is 1.61. The molecule has 108 valence electrons. The van der Waals surface area contributed by atoms with Crippen LogP contribution in [0.25, 0.3) is 0 Å². The molecule has 1 atom stereocenters. The van der Waals surface area contributed by atoms with E-state index in [-0.39, 0.29) is 0 Å². The Kier molecular flexibility index (Phi) is 3.72. The average molecular weight is 298 g/mol. The molecule has 0 amide bonds. The first-order valence-electron chi connectivity index (χ1n) is 6.70. The van der Waals surface area contributed by atoms with E-state index in [1.165, 1.54) is 0 Å². The molecular weight excluding hydrogens is 282 g/mol. The van der Waals surface area contributed by atoms with Crippen LogP contribution < -0.4 is 9.47 Å². The third-order valence-corrected chi connectivity index (χ3v) is 3.97. The van der Waals surface area contributed by atoms with Gasteiger partial charge in [0, 0.05) is 6.54 Å². The molecule has 2 aliphatic heterocycles. The fourth-order valence-electron chi connectivity index (χ4n) is 2.79. The van der Waals surface area contributed by atoms with E-state index in [0.717, 1.165) is 18.5 Å². The number of carboxylic acids is 1. The number of benzene rings is 1. The van der Waals surface area contributed by atoms with Crippen molar-refractivity contribution in [1.29, 1.82) is 0 Å². The first-order valence-corrected chi connectivity index (χ1v) is 7.08. The molecule has 5 nitrogen and oxygen atoms in total. The molecule has 0 spiro atoms. The number of rotatable bonds is 3. The highest BCUT2D eigenvalue weighted by Gasteiger charge is 2.30. The maximum atomic E-state index is 11.2. The van der Waals surface area contributed by atoms with Gasteiger partial charge in [-0.3, -0.25) is 9.69 Å². The van der Waals surface area contributed by atoms with E-state index in [0.29, 0.717) is 42.7 Å². The molecule has 0 aromatic heterocycles. The van der Waals surface area contributed by atoms with Crippen LogP contribution in [0.2, 0.25) is 5.02 Å². The Morgan fingerprint density at radius 3 is 3.00 bits per heavy atom. The number of hydrogen-bond donors (Lipinski definition) is 1. The zero-order valence-corrected chi connectivity index (χ0v) is 11.7. The molecule has 2 aliphatic rings. The van der Waals surface area contributed by atoms with E-state index in [1.54, 1.807) is 0 Å². The minimum atomic E-state index is -0.758. The zero-order chi connectivity index (χ0) is 14.1. The quantitative estimate of drug-likeness (QED) is 0.926. The number of fused-ring (bicyclic) bond motifs is 1. The van der Waals surface area contributed by atoms with E-state index in [1.807, 2.05) is 17.0 Å².